The van der Waals surface area contributed by atoms with E-state index in [4.69, 9.17) is 5.73 Å². The summed E-state index contributed by atoms with van der Waals surface area (Å²) in [6, 6.07) is -1.60. The molecule has 0 saturated carbocycles. The van der Waals surface area contributed by atoms with Crippen LogP contribution in [0.4, 0.5) is 4.79 Å². The van der Waals surface area contributed by atoms with Crippen molar-refractivity contribution in [1.82, 2.24) is 16.2 Å². The SMILES string of the molecule is CC(C)CC(CC(C)C)C(=O)NNC(=O)C(C)NC(N)=O. The number of hydrogen-bond acceptors (Lipinski definition) is 3. The first-order chi connectivity index (χ1) is 9.63. The van der Waals surface area contributed by atoms with Crippen LogP contribution in [-0.2, 0) is 9.59 Å². The standard InChI is InChI=1S/C14H28N4O3/c1-8(2)6-11(7-9(3)4)13(20)18-17-12(19)10(5)16-14(15)21/h8-11H,6-7H2,1-5H3,(H,17,19)(H,18,20)(H3,15,16,21). The highest BCUT2D eigenvalue weighted by Crippen LogP contribution is 2.19. The lowest BCUT2D eigenvalue weighted by Crippen LogP contribution is -2.53. The van der Waals surface area contributed by atoms with E-state index in [-0.39, 0.29) is 11.8 Å². The molecule has 0 bridgehead atoms. The fraction of sp³-hybridized carbons (Fsp3) is 0.786. The molecule has 0 aliphatic rings. The van der Waals surface area contributed by atoms with Gasteiger partial charge in [-0.2, -0.15) is 0 Å². The summed E-state index contributed by atoms with van der Waals surface area (Å²) in [4.78, 5) is 34.4. The number of urea groups is 1. The Hall–Kier alpha value is -1.79. The molecular weight excluding hydrogens is 272 g/mol. The van der Waals surface area contributed by atoms with E-state index in [2.05, 4.69) is 43.9 Å². The molecule has 0 fully saturated rings. The van der Waals surface area contributed by atoms with Gasteiger partial charge in [-0.3, -0.25) is 20.4 Å². The van der Waals surface area contributed by atoms with Gasteiger partial charge in [0.15, 0.2) is 0 Å². The van der Waals surface area contributed by atoms with Gasteiger partial charge in [-0.25, -0.2) is 4.79 Å². The van der Waals surface area contributed by atoms with Crippen molar-refractivity contribution in [3.8, 4) is 0 Å². The molecule has 0 aliphatic carbocycles. The minimum atomic E-state index is -0.809. The van der Waals surface area contributed by atoms with Crippen molar-refractivity contribution in [3.63, 3.8) is 0 Å². The Morgan fingerprint density at radius 2 is 1.29 bits per heavy atom. The van der Waals surface area contributed by atoms with Gasteiger partial charge in [-0.1, -0.05) is 27.7 Å². The summed E-state index contributed by atoms with van der Waals surface area (Å²) in [7, 11) is 0. The predicted octanol–water partition coefficient (Wildman–Crippen LogP) is 0.899. The number of carbonyl (C=O) groups excluding carboxylic acids is 3. The Kier molecular flexibility index (Phi) is 8.42. The van der Waals surface area contributed by atoms with Crippen LogP contribution in [0.25, 0.3) is 0 Å². The molecule has 1 unspecified atom stereocenters. The summed E-state index contributed by atoms with van der Waals surface area (Å²) < 4.78 is 0. The van der Waals surface area contributed by atoms with E-state index in [0.717, 1.165) is 12.8 Å². The van der Waals surface area contributed by atoms with Gasteiger partial charge in [-0.05, 0) is 31.6 Å². The second-order valence-electron chi connectivity index (χ2n) is 6.16. The second kappa shape index (κ2) is 9.20. The number of rotatable bonds is 7. The normalized spacial score (nSPS) is 12.4. The average Bonchev–Trinajstić information content (AvgIpc) is 2.32. The van der Waals surface area contributed by atoms with E-state index in [1.165, 1.54) is 6.92 Å². The summed E-state index contributed by atoms with van der Waals surface area (Å²) in [6.45, 7) is 9.69. The van der Waals surface area contributed by atoms with Crippen LogP contribution in [-0.4, -0.2) is 23.9 Å². The molecule has 122 valence electrons. The zero-order valence-electron chi connectivity index (χ0n) is 13.5. The van der Waals surface area contributed by atoms with Crippen LogP contribution in [0.15, 0.2) is 0 Å². The molecule has 0 aromatic carbocycles. The second-order valence-corrected chi connectivity index (χ2v) is 6.16. The Labute approximate surface area is 126 Å². The Morgan fingerprint density at radius 1 is 0.857 bits per heavy atom. The molecule has 1 atom stereocenters. The van der Waals surface area contributed by atoms with Gasteiger partial charge in [0.1, 0.15) is 6.04 Å². The lowest BCUT2D eigenvalue weighted by Gasteiger charge is -2.21. The Balaban J connectivity index is 4.41. The van der Waals surface area contributed by atoms with Crippen LogP contribution >= 0.6 is 0 Å². The van der Waals surface area contributed by atoms with Crippen molar-refractivity contribution in [3.05, 3.63) is 0 Å². The van der Waals surface area contributed by atoms with Gasteiger partial charge in [0, 0.05) is 5.92 Å². The van der Waals surface area contributed by atoms with Gasteiger partial charge in [0.05, 0.1) is 0 Å². The molecule has 0 aromatic heterocycles. The van der Waals surface area contributed by atoms with E-state index >= 15 is 0 Å². The highest BCUT2D eigenvalue weighted by Gasteiger charge is 2.22. The van der Waals surface area contributed by atoms with Gasteiger partial charge < -0.3 is 11.1 Å². The molecule has 0 aliphatic heterocycles. The maximum absolute atomic E-state index is 12.1. The molecule has 7 heteroatoms. The summed E-state index contributed by atoms with van der Waals surface area (Å²) >= 11 is 0. The molecule has 0 spiro atoms. The van der Waals surface area contributed by atoms with Crippen molar-refractivity contribution in [1.29, 1.82) is 0 Å². The molecule has 21 heavy (non-hydrogen) atoms. The molecule has 4 amide bonds. The van der Waals surface area contributed by atoms with Crippen molar-refractivity contribution in [2.24, 2.45) is 23.5 Å². The summed E-state index contributed by atoms with van der Waals surface area (Å²) in [5.74, 6) is -0.0898. The zero-order chi connectivity index (χ0) is 16.6. The topological polar surface area (TPSA) is 113 Å². The molecule has 0 saturated heterocycles. The van der Waals surface area contributed by atoms with Crippen molar-refractivity contribution in [2.45, 2.75) is 53.5 Å². The average molecular weight is 300 g/mol. The number of nitrogens with one attached hydrogen (secondary N) is 3. The fourth-order valence-corrected chi connectivity index (χ4v) is 2.06. The van der Waals surface area contributed by atoms with E-state index in [1.807, 2.05) is 0 Å². The Morgan fingerprint density at radius 3 is 1.67 bits per heavy atom. The van der Waals surface area contributed by atoms with E-state index in [1.54, 1.807) is 0 Å². The molecule has 7 nitrogen and oxygen atoms in total. The smallest absolute Gasteiger partial charge is 0.312 e. The largest absolute Gasteiger partial charge is 0.352 e. The minimum absolute atomic E-state index is 0.148. The molecule has 0 aromatic rings. The van der Waals surface area contributed by atoms with Crippen molar-refractivity contribution in [2.75, 3.05) is 0 Å². The highest BCUT2D eigenvalue weighted by atomic mass is 16.2. The van der Waals surface area contributed by atoms with Gasteiger partial charge in [0.25, 0.3) is 5.91 Å². The van der Waals surface area contributed by atoms with Crippen LogP contribution < -0.4 is 21.9 Å². The van der Waals surface area contributed by atoms with Crippen LogP contribution in [0.3, 0.4) is 0 Å². The highest BCUT2D eigenvalue weighted by molar-refractivity contribution is 5.88. The third-order valence-electron chi connectivity index (χ3n) is 2.94. The number of amides is 4. The molecule has 0 radical (unpaired) electrons. The third-order valence-corrected chi connectivity index (χ3v) is 2.94. The first-order valence-electron chi connectivity index (χ1n) is 7.29. The molecule has 0 heterocycles. The van der Waals surface area contributed by atoms with Crippen LogP contribution in [0, 0.1) is 17.8 Å². The maximum Gasteiger partial charge on any atom is 0.312 e. The van der Waals surface area contributed by atoms with Crippen LogP contribution in [0.2, 0.25) is 0 Å². The zero-order valence-corrected chi connectivity index (χ0v) is 13.5. The van der Waals surface area contributed by atoms with Gasteiger partial charge in [0.2, 0.25) is 5.91 Å². The number of carbonyl (C=O) groups is 3. The fourth-order valence-electron chi connectivity index (χ4n) is 2.06. The molecule has 0 rings (SSSR count). The van der Waals surface area contributed by atoms with E-state index in [0.29, 0.717) is 11.8 Å². The first-order valence-corrected chi connectivity index (χ1v) is 7.29. The summed E-state index contributed by atoms with van der Waals surface area (Å²) in [5, 5.41) is 2.24. The summed E-state index contributed by atoms with van der Waals surface area (Å²) in [5.41, 5.74) is 9.65. The number of nitrogens with two attached hydrogens (primary N) is 1. The van der Waals surface area contributed by atoms with Crippen molar-refractivity contribution < 1.29 is 14.4 Å². The van der Waals surface area contributed by atoms with Crippen LogP contribution in [0.1, 0.15) is 47.5 Å². The van der Waals surface area contributed by atoms with Crippen LogP contribution in [0.5, 0.6) is 0 Å². The number of hydrogen-bond donors (Lipinski definition) is 4. The molecular formula is C14H28N4O3. The van der Waals surface area contributed by atoms with Crippen molar-refractivity contribution >= 4 is 17.8 Å². The predicted molar refractivity (Wildman–Crippen MR) is 80.9 cm³/mol. The van der Waals surface area contributed by atoms with E-state index in [9.17, 15) is 14.4 Å². The number of primary amides is 1. The lowest BCUT2D eigenvalue weighted by molar-refractivity contribution is -0.132. The molecule has 5 N–H and O–H groups in total. The third kappa shape index (κ3) is 8.88. The van der Waals surface area contributed by atoms with E-state index < -0.39 is 18.0 Å². The number of hydrazine groups is 1. The first kappa shape index (κ1) is 19.2. The maximum atomic E-state index is 12.1. The Bertz CT molecular complexity index is 359. The summed E-state index contributed by atoms with van der Waals surface area (Å²) in [6.07, 6.45) is 1.52. The lowest BCUT2D eigenvalue weighted by atomic mass is 9.89. The van der Waals surface area contributed by atoms with Gasteiger partial charge in [-0.15, -0.1) is 0 Å². The monoisotopic (exact) mass is 300 g/mol. The van der Waals surface area contributed by atoms with Gasteiger partial charge >= 0.3 is 6.03 Å². The quantitative estimate of drug-likeness (QED) is 0.524. The minimum Gasteiger partial charge on any atom is -0.352 e.